The zero-order valence-corrected chi connectivity index (χ0v) is 31.3. The van der Waals surface area contributed by atoms with Crippen LogP contribution in [-0.2, 0) is 81.0 Å². The lowest BCUT2D eigenvalue weighted by molar-refractivity contribution is -0.132. The minimum Gasteiger partial charge on any atom is -0.387 e. The molecule has 0 bridgehead atoms. The van der Waals surface area contributed by atoms with Gasteiger partial charge >= 0.3 is 6.03 Å². The Balaban J connectivity index is 0.000000150. The van der Waals surface area contributed by atoms with Gasteiger partial charge in [-0.2, -0.15) is 0 Å². The second kappa shape index (κ2) is 15.0. The molecule has 0 unspecified atom stereocenters. The van der Waals surface area contributed by atoms with Gasteiger partial charge in [0.05, 0.1) is 0 Å². The molecular formula is C36H46N6O8S2. The van der Waals surface area contributed by atoms with E-state index in [1.807, 2.05) is 6.26 Å². The van der Waals surface area contributed by atoms with Crippen LogP contribution >= 0.6 is 0 Å². The zero-order valence-electron chi connectivity index (χ0n) is 29.6. The number of likely N-dealkylation sites (tertiary alicyclic amines) is 2. The predicted octanol–water partition coefficient (Wildman–Crippen LogP) is 2.38. The third-order valence-corrected chi connectivity index (χ3v) is 13.9. The summed E-state index contributed by atoms with van der Waals surface area (Å²) in [6.45, 7) is 3.56. The van der Waals surface area contributed by atoms with Crippen LogP contribution in [0.15, 0.2) is 12.1 Å². The molecule has 2 aromatic rings. The van der Waals surface area contributed by atoms with E-state index < -0.39 is 36.6 Å². The standard InChI is InChI=1S/C18H23N3O4S.C13H13NO.C5H10N2O3S/c1-11(22)21-9-14(10-21)26(24,25)20-18(23)19-17-15-6-2-4-12(15)8-13-5-3-7-16(13)17;14-8-15-13-11-5-1-3-9(11)7-10-4-2-6-12(10)13;1-4(8)7-2-5(3-7)11(6,9)10/h8,14H,2-7,9-10H2,1H3,(H2,19,20,23);7H,1-6H2;5H,2-3H2,1H3,(H2,6,9,10). The molecule has 2 fully saturated rings. The van der Waals surface area contributed by atoms with Crippen molar-refractivity contribution in [1.29, 1.82) is 5.26 Å². The third kappa shape index (κ3) is 7.91. The molecule has 4 aliphatic carbocycles. The van der Waals surface area contributed by atoms with E-state index in [4.69, 9.17) is 15.1 Å². The molecule has 4 amide bonds. The fourth-order valence-electron chi connectivity index (χ4n) is 8.05. The molecule has 8 rings (SSSR count). The van der Waals surface area contributed by atoms with Gasteiger partial charge in [-0.25, -0.2) is 31.5 Å². The first-order chi connectivity index (χ1) is 24.7. The van der Waals surface area contributed by atoms with E-state index in [0.29, 0.717) is 0 Å². The number of nitrogens with one attached hydrogen (secondary N) is 2. The number of amides is 4. The maximum Gasteiger partial charge on any atom is 0.332 e. The lowest BCUT2D eigenvalue weighted by Gasteiger charge is -2.37. The lowest BCUT2D eigenvalue weighted by Crippen LogP contribution is -2.59. The Morgan fingerprint density at radius 3 is 1.52 bits per heavy atom. The smallest absolute Gasteiger partial charge is 0.332 e. The molecule has 0 radical (unpaired) electrons. The van der Waals surface area contributed by atoms with E-state index in [1.54, 1.807) is 0 Å². The number of ether oxygens (including phenoxy) is 1. The highest BCUT2D eigenvalue weighted by molar-refractivity contribution is 7.90. The number of aryl methyl sites for hydroxylation is 4. The Morgan fingerprint density at radius 2 is 1.12 bits per heavy atom. The maximum atomic E-state index is 12.4. The number of nitrogens with two attached hydrogens (primary N) is 1. The number of nitrogens with zero attached hydrogens (tertiary/aromatic N) is 3. The van der Waals surface area contributed by atoms with Gasteiger partial charge in [-0.15, -0.1) is 5.26 Å². The van der Waals surface area contributed by atoms with E-state index in [2.05, 4.69) is 22.2 Å². The topological polar surface area (TPSA) is 209 Å². The van der Waals surface area contributed by atoms with Crippen molar-refractivity contribution in [3.8, 4) is 12.0 Å². The molecular weight excluding hydrogens is 709 g/mol. The number of rotatable bonds is 5. The first-order valence-electron chi connectivity index (χ1n) is 17.9. The number of urea groups is 1. The van der Waals surface area contributed by atoms with Crippen molar-refractivity contribution in [3.63, 3.8) is 0 Å². The van der Waals surface area contributed by atoms with E-state index in [9.17, 15) is 31.2 Å². The van der Waals surface area contributed by atoms with Gasteiger partial charge in [0.25, 0.3) is 6.26 Å². The quantitative estimate of drug-likeness (QED) is 0.382. The number of hydrogen-bond donors (Lipinski definition) is 3. The number of anilines is 1. The number of benzene rings is 2. The third-order valence-electron chi connectivity index (χ3n) is 11.0. The van der Waals surface area contributed by atoms with Crippen molar-refractivity contribution < 1.29 is 36.0 Å². The van der Waals surface area contributed by atoms with Crippen LogP contribution in [0.3, 0.4) is 0 Å². The molecule has 2 aromatic carbocycles. The Kier molecular flexibility index (Phi) is 10.9. The summed E-state index contributed by atoms with van der Waals surface area (Å²) < 4.78 is 53.3. The molecule has 16 heteroatoms. The zero-order chi connectivity index (χ0) is 37.4. The molecule has 6 aliphatic rings. The monoisotopic (exact) mass is 754 g/mol. The Hall–Kier alpha value is -4.20. The summed E-state index contributed by atoms with van der Waals surface area (Å²) >= 11 is 0. The molecule has 2 aliphatic heterocycles. The lowest BCUT2D eigenvalue weighted by atomic mass is 9.99. The summed E-state index contributed by atoms with van der Waals surface area (Å²) in [6.07, 6.45) is 14.7. The van der Waals surface area contributed by atoms with Crippen LogP contribution in [0.5, 0.6) is 5.75 Å². The van der Waals surface area contributed by atoms with E-state index in [1.165, 1.54) is 69.9 Å². The molecule has 0 saturated carbocycles. The van der Waals surface area contributed by atoms with Crippen LogP contribution < -0.4 is 19.9 Å². The summed E-state index contributed by atoms with van der Waals surface area (Å²) in [4.78, 5) is 37.1. The van der Waals surface area contributed by atoms with Crippen molar-refractivity contribution >= 4 is 43.6 Å². The van der Waals surface area contributed by atoms with Gasteiger partial charge in [0, 0.05) is 45.7 Å². The number of carbonyl (C=O) groups is 3. The highest BCUT2D eigenvalue weighted by Gasteiger charge is 2.40. The van der Waals surface area contributed by atoms with Crippen molar-refractivity contribution in [2.24, 2.45) is 5.14 Å². The predicted molar refractivity (Wildman–Crippen MR) is 193 cm³/mol. The summed E-state index contributed by atoms with van der Waals surface area (Å²) in [5.41, 5.74) is 11.1. The van der Waals surface area contributed by atoms with Crippen LogP contribution in [0, 0.1) is 11.5 Å². The summed E-state index contributed by atoms with van der Waals surface area (Å²) in [5.74, 6) is 0.640. The van der Waals surface area contributed by atoms with Crippen molar-refractivity contribution in [3.05, 3.63) is 56.6 Å². The number of primary sulfonamides is 1. The molecule has 14 nitrogen and oxygen atoms in total. The average molecular weight is 755 g/mol. The first kappa shape index (κ1) is 37.6. The van der Waals surface area contributed by atoms with Gasteiger partial charge in [0.15, 0.2) is 0 Å². The summed E-state index contributed by atoms with van der Waals surface area (Å²) in [7, 11) is -7.22. The molecule has 0 atom stereocenters. The summed E-state index contributed by atoms with van der Waals surface area (Å²) in [6, 6.07) is 3.89. The van der Waals surface area contributed by atoms with E-state index in [0.717, 1.165) is 86.8 Å². The van der Waals surface area contributed by atoms with Crippen molar-refractivity contribution in [1.82, 2.24) is 14.5 Å². The van der Waals surface area contributed by atoms with Gasteiger partial charge < -0.3 is 19.9 Å². The molecule has 52 heavy (non-hydrogen) atoms. The van der Waals surface area contributed by atoms with Crippen LogP contribution in [0.4, 0.5) is 10.5 Å². The number of fused-ring (bicyclic) bond motifs is 4. The van der Waals surface area contributed by atoms with Crippen LogP contribution in [0.25, 0.3) is 0 Å². The van der Waals surface area contributed by atoms with Crippen LogP contribution in [0.2, 0.25) is 0 Å². The molecule has 280 valence electrons. The first-order valence-corrected chi connectivity index (χ1v) is 21.1. The molecule has 0 spiro atoms. The van der Waals surface area contributed by atoms with Crippen molar-refractivity contribution in [2.45, 2.75) is 101 Å². The SMILES string of the molecule is CC(=O)N1CC(S(=O)(=O)NC(=O)Nc2c3c(cc4c2CCC4)CCC3)C1.CC(=O)N1CC(S(N)(=O)=O)C1.N#COc1c2c(cc3c1CCC3)CCC2. The van der Waals surface area contributed by atoms with Gasteiger partial charge in [0.1, 0.15) is 16.2 Å². The van der Waals surface area contributed by atoms with E-state index >= 15 is 0 Å². The number of sulfonamides is 2. The molecule has 2 saturated heterocycles. The Labute approximate surface area is 305 Å². The van der Waals surface area contributed by atoms with Crippen molar-refractivity contribution in [2.75, 3.05) is 31.5 Å². The second-order valence-corrected chi connectivity index (χ2v) is 18.2. The fraction of sp³-hybridized carbons (Fsp3) is 0.556. The van der Waals surface area contributed by atoms with Gasteiger partial charge in [-0.3, -0.25) is 9.59 Å². The minimum absolute atomic E-state index is 0.107. The van der Waals surface area contributed by atoms with Gasteiger partial charge in [-0.1, -0.05) is 12.1 Å². The van der Waals surface area contributed by atoms with Crippen LogP contribution in [0.1, 0.15) is 84.0 Å². The Bertz CT molecular complexity index is 1980. The second-order valence-electron chi connectivity index (χ2n) is 14.4. The van der Waals surface area contributed by atoms with Gasteiger partial charge in [-0.05, 0) is 122 Å². The summed E-state index contributed by atoms with van der Waals surface area (Å²) in [5, 5.41) is 15.1. The number of hydrogen-bond acceptors (Lipinski definition) is 9. The highest BCUT2D eigenvalue weighted by Crippen LogP contribution is 2.40. The maximum absolute atomic E-state index is 12.4. The molecule has 4 N–H and O–H groups in total. The fourth-order valence-corrected chi connectivity index (χ4v) is 10.0. The van der Waals surface area contributed by atoms with Gasteiger partial charge in [0.2, 0.25) is 31.9 Å². The minimum atomic E-state index is -3.79. The number of nitriles is 1. The Morgan fingerprint density at radius 1 is 0.712 bits per heavy atom. The molecule has 2 heterocycles. The van der Waals surface area contributed by atoms with Crippen LogP contribution in [-0.4, -0.2) is 81.2 Å². The molecule has 0 aromatic heterocycles. The largest absolute Gasteiger partial charge is 0.387 e. The highest BCUT2D eigenvalue weighted by atomic mass is 32.2. The van der Waals surface area contributed by atoms with E-state index in [-0.39, 0.29) is 38.0 Å². The number of carbonyl (C=O) groups excluding carboxylic acids is 3. The average Bonchev–Trinajstić information content (AvgIpc) is 3.81. The normalized spacial score (nSPS) is 18.5.